The Hall–Kier alpha value is -0.970. The molecule has 0 saturated heterocycles. The second kappa shape index (κ2) is 7.44. The van der Waals surface area contributed by atoms with E-state index in [4.69, 9.17) is 11.1 Å². The van der Waals surface area contributed by atoms with Crippen molar-refractivity contribution in [1.29, 1.82) is 5.41 Å². The standard InChI is InChI=1S/C8H19N5.ClH/c1-5-6(2)11-7(9)12-8(10)13(3)4;/h6H,5H2,1-4H3,(H4,9,10,11,12);1H. The third kappa shape index (κ3) is 6.54. The highest BCUT2D eigenvalue weighted by Gasteiger charge is 2.01. The van der Waals surface area contributed by atoms with Crippen LogP contribution in [0.25, 0.3) is 0 Å². The number of halogens is 1. The van der Waals surface area contributed by atoms with Gasteiger partial charge in [-0.1, -0.05) is 6.92 Å². The van der Waals surface area contributed by atoms with E-state index in [1.165, 1.54) is 0 Å². The van der Waals surface area contributed by atoms with Crippen LogP contribution in [0.4, 0.5) is 0 Å². The largest absolute Gasteiger partial charge is 0.370 e. The number of hydrogen-bond donors (Lipinski definition) is 3. The highest BCUT2D eigenvalue weighted by atomic mass is 35.5. The number of nitrogens with two attached hydrogens (primary N) is 1. The van der Waals surface area contributed by atoms with Gasteiger partial charge in [-0.05, 0) is 13.3 Å². The summed E-state index contributed by atoms with van der Waals surface area (Å²) >= 11 is 0. The summed E-state index contributed by atoms with van der Waals surface area (Å²) < 4.78 is 0. The molecule has 0 fully saturated rings. The molecule has 0 aromatic rings. The maximum absolute atomic E-state index is 7.43. The van der Waals surface area contributed by atoms with Crippen molar-refractivity contribution >= 4 is 24.3 Å². The number of nitrogens with one attached hydrogen (secondary N) is 2. The first-order chi connectivity index (χ1) is 5.97. The lowest BCUT2D eigenvalue weighted by atomic mass is 10.3. The first-order valence-corrected chi connectivity index (χ1v) is 4.33. The van der Waals surface area contributed by atoms with Crippen molar-refractivity contribution in [2.24, 2.45) is 10.7 Å². The van der Waals surface area contributed by atoms with Gasteiger partial charge in [0.25, 0.3) is 0 Å². The molecular formula is C8H20ClN5. The van der Waals surface area contributed by atoms with Gasteiger partial charge in [-0.15, -0.1) is 12.4 Å². The minimum absolute atomic E-state index is 0. The molecule has 0 aromatic heterocycles. The van der Waals surface area contributed by atoms with Crippen molar-refractivity contribution in [3.05, 3.63) is 0 Å². The molecule has 0 bridgehead atoms. The van der Waals surface area contributed by atoms with Gasteiger partial charge in [-0.2, -0.15) is 0 Å². The summed E-state index contributed by atoms with van der Waals surface area (Å²) in [5.41, 5.74) is 5.56. The predicted octanol–water partition coefficient (Wildman–Crippen LogP) is 0.607. The number of rotatable bonds is 2. The van der Waals surface area contributed by atoms with E-state index in [0.717, 1.165) is 6.42 Å². The SMILES string of the molecule is CCC(C)N=C(N)NC(=N)N(C)C.Cl. The molecule has 0 amide bonds. The summed E-state index contributed by atoms with van der Waals surface area (Å²) in [6.45, 7) is 4.02. The second-order valence-corrected chi connectivity index (χ2v) is 3.14. The number of nitrogens with zero attached hydrogens (tertiary/aromatic N) is 2. The molecule has 0 rings (SSSR count). The van der Waals surface area contributed by atoms with Gasteiger partial charge < -0.3 is 10.6 Å². The van der Waals surface area contributed by atoms with E-state index >= 15 is 0 Å². The summed E-state index contributed by atoms with van der Waals surface area (Å²) in [4.78, 5) is 5.76. The fourth-order valence-electron chi connectivity index (χ4n) is 0.594. The minimum Gasteiger partial charge on any atom is -0.370 e. The Morgan fingerprint density at radius 1 is 1.57 bits per heavy atom. The Morgan fingerprint density at radius 2 is 2.07 bits per heavy atom. The topological polar surface area (TPSA) is 77.5 Å². The van der Waals surface area contributed by atoms with Crippen LogP contribution in [-0.4, -0.2) is 37.0 Å². The van der Waals surface area contributed by atoms with Crippen LogP contribution in [0.5, 0.6) is 0 Å². The Kier molecular flexibility index (Phi) is 8.23. The summed E-state index contributed by atoms with van der Waals surface area (Å²) in [5.74, 6) is 0.539. The van der Waals surface area contributed by atoms with Gasteiger partial charge in [0.05, 0.1) is 6.04 Å². The van der Waals surface area contributed by atoms with E-state index in [-0.39, 0.29) is 24.4 Å². The summed E-state index contributed by atoms with van der Waals surface area (Å²) in [6, 6.07) is 0.197. The molecule has 0 radical (unpaired) electrons. The molecular weight excluding hydrogens is 202 g/mol. The summed E-state index contributed by atoms with van der Waals surface area (Å²) in [5, 5.41) is 10.1. The van der Waals surface area contributed by atoms with E-state index in [0.29, 0.717) is 5.96 Å². The zero-order valence-electron chi connectivity index (χ0n) is 9.16. The molecule has 0 aliphatic heterocycles. The predicted molar refractivity (Wildman–Crippen MR) is 63.2 cm³/mol. The smallest absolute Gasteiger partial charge is 0.197 e. The molecule has 1 unspecified atom stereocenters. The molecule has 0 spiro atoms. The summed E-state index contributed by atoms with van der Waals surface area (Å²) in [6.07, 6.45) is 0.942. The zero-order valence-corrected chi connectivity index (χ0v) is 9.98. The molecule has 4 N–H and O–H groups in total. The Bertz CT molecular complexity index is 202. The van der Waals surface area contributed by atoms with E-state index in [2.05, 4.69) is 10.3 Å². The van der Waals surface area contributed by atoms with Crippen LogP contribution in [0, 0.1) is 5.41 Å². The van der Waals surface area contributed by atoms with Crippen molar-refractivity contribution in [1.82, 2.24) is 10.2 Å². The van der Waals surface area contributed by atoms with E-state index in [1.54, 1.807) is 19.0 Å². The van der Waals surface area contributed by atoms with Crippen LogP contribution in [0.15, 0.2) is 4.99 Å². The van der Waals surface area contributed by atoms with Crippen molar-refractivity contribution in [2.45, 2.75) is 26.3 Å². The lowest BCUT2D eigenvalue weighted by Gasteiger charge is -2.15. The summed E-state index contributed by atoms with van der Waals surface area (Å²) in [7, 11) is 3.54. The van der Waals surface area contributed by atoms with Crippen LogP contribution in [0.3, 0.4) is 0 Å². The number of aliphatic imine (C=N–C) groups is 1. The van der Waals surface area contributed by atoms with Gasteiger partial charge in [0, 0.05) is 14.1 Å². The maximum atomic E-state index is 7.43. The zero-order chi connectivity index (χ0) is 10.4. The highest BCUT2D eigenvalue weighted by Crippen LogP contribution is 1.93. The van der Waals surface area contributed by atoms with Crippen LogP contribution >= 0.6 is 12.4 Å². The highest BCUT2D eigenvalue weighted by molar-refractivity contribution is 5.96. The Balaban J connectivity index is 0. The fourth-order valence-corrected chi connectivity index (χ4v) is 0.594. The Morgan fingerprint density at radius 3 is 2.43 bits per heavy atom. The van der Waals surface area contributed by atoms with Gasteiger partial charge in [0.2, 0.25) is 0 Å². The minimum atomic E-state index is 0. The van der Waals surface area contributed by atoms with Crippen LogP contribution in [0.1, 0.15) is 20.3 Å². The number of hydrogen-bond acceptors (Lipinski definition) is 2. The molecule has 84 valence electrons. The lowest BCUT2D eigenvalue weighted by molar-refractivity contribution is 0.598. The molecule has 0 saturated carbocycles. The van der Waals surface area contributed by atoms with Gasteiger partial charge in [-0.3, -0.25) is 15.7 Å². The van der Waals surface area contributed by atoms with Crippen molar-refractivity contribution in [3.63, 3.8) is 0 Å². The van der Waals surface area contributed by atoms with Crippen LogP contribution < -0.4 is 11.1 Å². The number of guanidine groups is 2. The molecule has 6 heteroatoms. The monoisotopic (exact) mass is 221 g/mol. The molecule has 14 heavy (non-hydrogen) atoms. The molecule has 5 nitrogen and oxygen atoms in total. The molecule has 0 heterocycles. The van der Waals surface area contributed by atoms with Gasteiger partial charge in [0.15, 0.2) is 11.9 Å². The van der Waals surface area contributed by atoms with Crippen molar-refractivity contribution in [2.75, 3.05) is 14.1 Å². The average Bonchev–Trinajstić information content (AvgIpc) is 2.03. The van der Waals surface area contributed by atoms with E-state index < -0.39 is 0 Å². The fraction of sp³-hybridized carbons (Fsp3) is 0.750. The Labute approximate surface area is 91.7 Å². The van der Waals surface area contributed by atoms with Crippen molar-refractivity contribution < 1.29 is 0 Å². The molecule has 0 aliphatic carbocycles. The van der Waals surface area contributed by atoms with Crippen molar-refractivity contribution in [3.8, 4) is 0 Å². The first-order valence-electron chi connectivity index (χ1n) is 4.33. The molecule has 1 atom stereocenters. The third-order valence-corrected chi connectivity index (χ3v) is 1.64. The first kappa shape index (κ1) is 15.5. The van der Waals surface area contributed by atoms with Gasteiger partial charge in [0.1, 0.15) is 0 Å². The van der Waals surface area contributed by atoms with Crippen LogP contribution in [-0.2, 0) is 0 Å². The van der Waals surface area contributed by atoms with Crippen LogP contribution in [0.2, 0.25) is 0 Å². The van der Waals surface area contributed by atoms with Gasteiger partial charge >= 0.3 is 0 Å². The van der Waals surface area contributed by atoms with E-state index in [1.807, 2.05) is 13.8 Å². The molecule has 0 aliphatic rings. The maximum Gasteiger partial charge on any atom is 0.197 e. The lowest BCUT2D eigenvalue weighted by Crippen LogP contribution is -2.43. The quantitative estimate of drug-likeness (QED) is 0.472. The van der Waals surface area contributed by atoms with Gasteiger partial charge in [-0.25, -0.2) is 0 Å². The second-order valence-electron chi connectivity index (χ2n) is 3.14. The third-order valence-electron chi connectivity index (χ3n) is 1.64. The molecule has 0 aromatic carbocycles. The van der Waals surface area contributed by atoms with E-state index in [9.17, 15) is 0 Å². The average molecular weight is 222 g/mol. The normalized spacial score (nSPS) is 12.7.